The first kappa shape index (κ1) is 89.3. The molecule has 0 saturated carbocycles. The molecule has 28 N–H and O–H groups in total. The summed E-state index contributed by atoms with van der Waals surface area (Å²) >= 11 is 4.21. The molecule has 0 bridgehead atoms. The molecule has 3 rings (SSSR count). The lowest BCUT2D eigenvalue weighted by atomic mass is 9.97. The number of aliphatic hydroxyl groups is 7. The highest BCUT2D eigenvalue weighted by atomic mass is 32.1. The van der Waals surface area contributed by atoms with E-state index in [1.807, 2.05) is 0 Å². The van der Waals surface area contributed by atoms with Crippen molar-refractivity contribution in [1.82, 2.24) is 78.7 Å². The zero-order chi connectivity index (χ0) is 78.8. The van der Waals surface area contributed by atoms with Gasteiger partial charge in [-0.05, 0) is 61.6 Å². The van der Waals surface area contributed by atoms with Crippen LogP contribution in [0.5, 0.6) is 5.75 Å². The molecule has 42 nitrogen and oxygen atoms in total. The number of guanidine groups is 1. The van der Waals surface area contributed by atoms with Crippen LogP contribution in [0.1, 0.15) is 77.5 Å². The van der Waals surface area contributed by atoms with Crippen molar-refractivity contribution in [2.24, 2.45) is 34.0 Å². The van der Waals surface area contributed by atoms with Gasteiger partial charge in [0.15, 0.2) is 5.96 Å². The largest absolute Gasteiger partial charge is 0.508 e. The number of aromatic hydroxyl groups is 1. The van der Waals surface area contributed by atoms with Crippen molar-refractivity contribution in [3.8, 4) is 5.75 Å². The molecule has 1 saturated heterocycles. The SMILES string of the molecule is CC[C@H](C)[C@H](NC(=O)[C@H](CO)NC(=O)[C@H](CO)NC(=O)[C@@H](N)Cc1cnc[nH]1)C(=O)N[C@@H](CO)C(=O)N[C@@H](CCCN=C(N)N)C(=O)N[C@@H](CO)C(=O)N[C@@H](CO)C(=O)N[C@@H](CC(C)C)C(=O)N[C@@H](CO)C(=O)N[C@@H](CS)C(=O)N1CCC[C@H]1C(=O)N[C@@H](Cc1ccc(O)cc1)C(=O)N[C@@H](CO)C(=O)O. The fourth-order valence-corrected chi connectivity index (χ4v) is 10.5. The minimum Gasteiger partial charge on any atom is -0.508 e. The number of carbonyl (C=O) groups is 14. The van der Waals surface area contributed by atoms with Crippen molar-refractivity contribution in [1.29, 1.82) is 0 Å². The number of carbonyl (C=O) groups excluding carboxylic acids is 13. The first-order valence-electron chi connectivity index (χ1n) is 33.4. The Morgan fingerprint density at radius 2 is 0.981 bits per heavy atom. The van der Waals surface area contributed by atoms with E-state index in [1.165, 1.54) is 43.7 Å². The van der Waals surface area contributed by atoms with Gasteiger partial charge in [0.1, 0.15) is 84.3 Å². The second-order valence-corrected chi connectivity index (χ2v) is 25.2. The van der Waals surface area contributed by atoms with Gasteiger partial charge in [0.2, 0.25) is 76.8 Å². The number of hydrogen-bond donors (Lipinski definition) is 26. The lowest BCUT2D eigenvalue weighted by molar-refractivity contribution is -0.144. The molecule has 1 aliphatic rings. The summed E-state index contributed by atoms with van der Waals surface area (Å²) in [7, 11) is 0. The third-order valence-electron chi connectivity index (χ3n) is 16.4. The number of aliphatic imine (C=N–C) groups is 1. The minimum atomic E-state index is -1.97. The van der Waals surface area contributed by atoms with Crippen molar-refractivity contribution in [3.63, 3.8) is 0 Å². The van der Waals surface area contributed by atoms with Crippen LogP contribution in [0.3, 0.4) is 0 Å². The van der Waals surface area contributed by atoms with E-state index in [-0.39, 0.29) is 76.2 Å². The second-order valence-electron chi connectivity index (χ2n) is 24.9. The van der Waals surface area contributed by atoms with Gasteiger partial charge in [-0.25, -0.2) is 9.78 Å². The number of likely N-dealkylation sites (tertiary alicyclic amines) is 1. The number of imidazole rings is 1. The number of thiol groups is 1. The van der Waals surface area contributed by atoms with Crippen molar-refractivity contribution in [2.75, 3.05) is 65.1 Å². The molecule has 105 heavy (non-hydrogen) atoms. The fourth-order valence-electron chi connectivity index (χ4n) is 10.3. The number of benzene rings is 1. The molecule has 586 valence electrons. The topological polar surface area (TPSA) is 688 Å². The van der Waals surface area contributed by atoms with Crippen molar-refractivity contribution in [3.05, 3.63) is 48.0 Å². The number of aromatic nitrogens is 2. The Kier molecular flexibility index (Phi) is 38.6. The minimum absolute atomic E-state index is 0.0306. The molecule has 2 heterocycles. The average Bonchev–Trinajstić information content (AvgIpc) is 1.78. The molecular formula is C62H99N19O23S. The summed E-state index contributed by atoms with van der Waals surface area (Å²) in [5.41, 5.74) is 17.7. The molecule has 0 unspecified atom stereocenters. The molecule has 1 aliphatic heterocycles. The van der Waals surface area contributed by atoms with Crippen LogP contribution >= 0.6 is 12.6 Å². The maximum Gasteiger partial charge on any atom is 0.328 e. The summed E-state index contributed by atoms with van der Waals surface area (Å²) in [6, 6.07) is -17.7. The first-order valence-corrected chi connectivity index (χ1v) is 34.0. The van der Waals surface area contributed by atoms with Crippen LogP contribution in [0.25, 0.3) is 0 Å². The Morgan fingerprint density at radius 1 is 0.562 bits per heavy atom. The van der Waals surface area contributed by atoms with Gasteiger partial charge >= 0.3 is 5.97 Å². The summed E-state index contributed by atoms with van der Waals surface area (Å²) in [5, 5.41) is 118. The monoisotopic (exact) mass is 1510 g/mol. The number of nitrogens with two attached hydrogens (primary N) is 3. The fraction of sp³-hybridized carbons (Fsp3) is 0.613. The van der Waals surface area contributed by atoms with Crippen LogP contribution in [-0.2, 0) is 80.0 Å². The molecule has 0 spiro atoms. The van der Waals surface area contributed by atoms with Crippen molar-refractivity contribution < 1.29 is 113 Å². The molecule has 0 aliphatic carbocycles. The van der Waals surface area contributed by atoms with Crippen LogP contribution in [-0.4, -0.2) is 299 Å². The molecule has 1 aromatic carbocycles. The van der Waals surface area contributed by atoms with E-state index in [0.29, 0.717) is 11.3 Å². The smallest absolute Gasteiger partial charge is 0.328 e. The molecule has 0 radical (unpaired) electrons. The number of phenols is 1. The molecular weight excluding hydrogens is 1410 g/mol. The molecule has 13 amide bonds. The number of aliphatic carboxylic acids is 1. The van der Waals surface area contributed by atoms with E-state index in [2.05, 4.69) is 91.4 Å². The lowest BCUT2D eigenvalue weighted by Gasteiger charge is -2.30. The Bertz CT molecular complexity index is 3280. The number of phenolic OH excluding ortho intramolecular Hbond substituents is 1. The number of H-pyrrole nitrogens is 1. The standard InChI is InChI=1S/C62H99N19O23S/c1-5-30(4)47(80-57(99)43(25-87)76-54(96)38(20-82)72-48(90)34(63)18-32-19-66-28-68-32)59(101)77-42(24-86)52(94)69-35(8-6-14-67-62(64)65)49(91)73-40(22-84)55(97)75-39(21-83)53(95)70-36(16-29(2)3)50(92)74-41(23-85)56(98)79-45(27-105)60(102)81-15-7-9-46(81)58(100)71-37(17-31-10-12-33(89)13-11-31)51(93)78-44(26-88)61(103)104/h10-13,19,28-30,34-47,82-89,105H,5-9,14-18,20-27,63H2,1-4H3,(H,66,68)(H,69,94)(H,70,95)(H,71,100)(H,72,90)(H,73,91)(H,74,92)(H,75,97)(H,76,96)(H,77,101)(H,78,93)(H,79,98)(H,80,99)(H,103,104)(H4,64,65,67)/t30-,34-,35-,36-,37-,38-,39-,40-,41-,42-,43-,44-,45-,46-,47-/m0/s1. The predicted molar refractivity (Wildman–Crippen MR) is 370 cm³/mol. The maximum absolute atomic E-state index is 14.1. The van der Waals surface area contributed by atoms with Gasteiger partial charge in [0.05, 0.1) is 58.6 Å². The number of rotatable bonds is 46. The summed E-state index contributed by atoms with van der Waals surface area (Å²) in [6.07, 6.45) is 2.40. The van der Waals surface area contributed by atoms with E-state index in [9.17, 15) is 113 Å². The van der Waals surface area contributed by atoms with Crippen LogP contribution in [0.15, 0.2) is 41.8 Å². The summed E-state index contributed by atoms with van der Waals surface area (Å²) in [6.45, 7) is -1.45. The lowest BCUT2D eigenvalue weighted by Crippen LogP contribution is -2.62. The van der Waals surface area contributed by atoms with Crippen LogP contribution in [0.2, 0.25) is 0 Å². The van der Waals surface area contributed by atoms with Gasteiger partial charge in [-0.1, -0.05) is 46.2 Å². The number of hydrogen-bond acceptors (Lipinski definition) is 26. The van der Waals surface area contributed by atoms with E-state index >= 15 is 0 Å². The normalized spacial score (nSPS) is 16.6. The number of aromatic amines is 1. The molecule has 1 aromatic heterocycles. The summed E-state index contributed by atoms with van der Waals surface area (Å²) in [5.74, 6) is -17.8. The Hall–Kier alpha value is -9.89. The average molecular weight is 1510 g/mol. The summed E-state index contributed by atoms with van der Waals surface area (Å²) in [4.78, 5) is 201. The first-order chi connectivity index (χ1) is 49.7. The highest BCUT2D eigenvalue weighted by Crippen LogP contribution is 2.21. The van der Waals surface area contributed by atoms with Crippen LogP contribution in [0.4, 0.5) is 0 Å². The maximum atomic E-state index is 14.1. The quantitative estimate of drug-likeness (QED) is 0.0127. The van der Waals surface area contributed by atoms with E-state index in [1.54, 1.807) is 20.8 Å². The van der Waals surface area contributed by atoms with Crippen LogP contribution in [0, 0.1) is 11.8 Å². The van der Waals surface area contributed by atoms with Gasteiger partial charge in [0, 0.05) is 43.6 Å². The van der Waals surface area contributed by atoms with E-state index < -0.39 is 231 Å². The number of carboxylic acids is 1. The Morgan fingerprint density at radius 3 is 1.42 bits per heavy atom. The zero-order valence-electron chi connectivity index (χ0n) is 58.2. The molecule has 43 heteroatoms. The zero-order valence-corrected chi connectivity index (χ0v) is 59.1. The van der Waals surface area contributed by atoms with Gasteiger partial charge in [-0.15, -0.1) is 0 Å². The Balaban J connectivity index is 1.73. The van der Waals surface area contributed by atoms with Gasteiger partial charge < -0.3 is 137 Å². The predicted octanol–water partition coefficient (Wildman–Crippen LogP) is -11.9. The summed E-state index contributed by atoms with van der Waals surface area (Å²) < 4.78 is 0. The highest BCUT2D eigenvalue weighted by Gasteiger charge is 2.41. The highest BCUT2D eigenvalue weighted by molar-refractivity contribution is 7.80. The van der Waals surface area contributed by atoms with Crippen LogP contribution < -0.4 is 81.0 Å². The van der Waals surface area contributed by atoms with Gasteiger partial charge in [0.25, 0.3) is 0 Å². The van der Waals surface area contributed by atoms with Crippen molar-refractivity contribution >= 4 is 101 Å². The molecule has 15 atom stereocenters. The Labute approximate surface area is 607 Å². The van der Waals surface area contributed by atoms with Gasteiger partial charge in [-0.2, -0.15) is 12.6 Å². The number of aliphatic hydroxyl groups excluding tert-OH is 7. The van der Waals surface area contributed by atoms with E-state index in [4.69, 9.17) is 17.2 Å². The number of nitrogens with one attached hydrogen (secondary N) is 13. The molecule has 1 fully saturated rings. The van der Waals surface area contributed by atoms with Crippen molar-refractivity contribution in [2.45, 2.75) is 164 Å². The third kappa shape index (κ3) is 28.9. The number of nitrogens with zero attached hydrogens (tertiary/aromatic N) is 3. The van der Waals surface area contributed by atoms with Gasteiger partial charge in [-0.3, -0.25) is 67.3 Å². The second kappa shape index (κ2) is 45.4. The van der Waals surface area contributed by atoms with E-state index in [0.717, 1.165) is 4.90 Å². The number of carboxylic acid groups (broad SMARTS) is 1. The number of amides is 13. The third-order valence-corrected chi connectivity index (χ3v) is 16.7. The molecule has 2 aromatic rings.